The van der Waals surface area contributed by atoms with E-state index in [1.54, 1.807) is 11.3 Å². The maximum Gasteiger partial charge on any atom is 0.185 e. The maximum absolute atomic E-state index is 11.4. The van der Waals surface area contributed by atoms with Gasteiger partial charge in [0.15, 0.2) is 5.13 Å². The van der Waals surface area contributed by atoms with E-state index in [4.69, 9.17) is 5.73 Å². The summed E-state index contributed by atoms with van der Waals surface area (Å²) in [6.45, 7) is 1.68. The zero-order chi connectivity index (χ0) is 14.7. The van der Waals surface area contributed by atoms with Crippen molar-refractivity contribution in [1.29, 1.82) is 0 Å². The molecule has 3 rings (SSSR count). The number of nitrogens with two attached hydrogens (primary N) is 1. The van der Waals surface area contributed by atoms with Gasteiger partial charge in [0, 0.05) is 53.2 Å². The van der Waals surface area contributed by atoms with Crippen molar-refractivity contribution in [2.75, 3.05) is 29.5 Å². The standard InChI is InChI=1S/C15H19N3OS2/c16-14(12-4-2-1-3-5-12)10-13-11-20-15(17-13)18-6-8-21(19)9-7-18/h1-5,11,14H,6-10,16H2. The fourth-order valence-corrected chi connectivity index (χ4v) is 4.35. The van der Waals surface area contributed by atoms with Gasteiger partial charge in [-0.1, -0.05) is 30.3 Å². The Morgan fingerprint density at radius 1 is 1.29 bits per heavy atom. The van der Waals surface area contributed by atoms with Gasteiger partial charge in [0.1, 0.15) is 0 Å². The molecule has 1 aliphatic rings. The van der Waals surface area contributed by atoms with E-state index in [2.05, 4.69) is 27.4 Å². The Bertz CT molecular complexity index is 604. The van der Waals surface area contributed by atoms with Gasteiger partial charge in [0.25, 0.3) is 0 Å². The highest BCUT2D eigenvalue weighted by atomic mass is 32.2. The van der Waals surface area contributed by atoms with E-state index >= 15 is 0 Å². The van der Waals surface area contributed by atoms with Gasteiger partial charge >= 0.3 is 0 Å². The predicted octanol–water partition coefficient (Wildman–Crippen LogP) is 1.95. The van der Waals surface area contributed by atoms with Gasteiger partial charge in [-0.15, -0.1) is 11.3 Å². The van der Waals surface area contributed by atoms with Crippen LogP contribution in [0.4, 0.5) is 5.13 Å². The van der Waals surface area contributed by atoms with E-state index in [0.29, 0.717) is 0 Å². The number of thiazole rings is 1. The molecule has 0 amide bonds. The molecule has 2 N–H and O–H groups in total. The summed E-state index contributed by atoms with van der Waals surface area (Å²) >= 11 is 1.65. The fraction of sp³-hybridized carbons (Fsp3) is 0.400. The molecule has 1 aromatic heterocycles. The summed E-state index contributed by atoms with van der Waals surface area (Å²) in [5.41, 5.74) is 8.42. The molecule has 2 heterocycles. The molecule has 0 spiro atoms. The zero-order valence-electron chi connectivity index (χ0n) is 11.8. The molecule has 1 atom stereocenters. The molecule has 2 aromatic rings. The van der Waals surface area contributed by atoms with Gasteiger partial charge < -0.3 is 10.6 Å². The monoisotopic (exact) mass is 321 g/mol. The summed E-state index contributed by atoms with van der Waals surface area (Å²) in [5, 5.41) is 3.12. The van der Waals surface area contributed by atoms with E-state index in [-0.39, 0.29) is 6.04 Å². The molecule has 0 saturated carbocycles. The summed E-state index contributed by atoms with van der Waals surface area (Å²) in [5.74, 6) is 1.50. The van der Waals surface area contributed by atoms with Crippen molar-refractivity contribution in [2.45, 2.75) is 12.5 Å². The van der Waals surface area contributed by atoms with Crippen LogP contribution in [0.5, 0.6) is 0 Å². The minimum atomic E-state index is -0.647. The van der Waals surface area contributed by atoms with Crippen LogP contribution in [0.15, 0.2) is 35.7 Å². The Balaban J connectivity index is 1.64. The van der Waals surface area contributed by atoms with Crippen molar-refractivity contribution in [3.8, 4) is 0 Å². The topological polar surface area (TPSA) is 59.2 Å². The van der Waals surface area contributed by atoms with Crippen molar-refractivity contribution < 1.29 is 4.21 Å². The first-order valence-corrected chi connectivity index (χ1v) is 9.44. The lowest BCUT2D eigenvalue weighted by Gasteiger charge is -2.25. The highest BCUT2D eigenvalue weighted by molar-refractivity contribution is 7.85. The third-order valence-corrected chi connectivity index (χ3v) is 5.87. The first-order chi connectivity index (χ1) is 10.2. The molecular weight excluding hydrogens is 302 g/mol. The van der Waals surface area contributed by atoms with E-state index in [1.807, 2.05) is 18.2 Å². The highest BCUT2D eigenvalue weighted by Gasteiger charge is 2.18. The number of hydrogen-bond acceptors (Lipinski definition) is 5. The van der Waals surface area contributed by atoms with Crippen molar-refractivity contribution in [3.05, 3.63) is 47.0 Å². The van der Waals surface area contributed by atoms with Crippen LogP contribution in [0.3, 0.4) is 0 Å². The summed E-state index contributed by atoms with van der Waals surface area (Å²) in [6, 6.07) is 10.1. The Morgan fingerprint density at radius 2 is 2.00 bits per heavy atom. The number of benzene rings is 1. The van der Waals surface area contributed by atoms with Crippen molar-refractivity contribution in [3.63, 3.8) is 0 Å². The summed E-state index contributed by atoms with van der Waals surface area (Å²) in [6.07, 6.45) is 0.750. The smallest absolute Gasteiger partial charge is 0.185 e. The van der Waals surface area contributed by atoms with Gasteiger partial charge in [-0.05, 0) is 5.56 Å². The maximum atomic E-state index is 11.4. The van der Waals surface area contributed by atoms with E-state index in [9.17, 15) is 4.21 Å². The second-order valence-electron chi connectivity index (χ2n) is 5.18. The molecule has 1 aliphatic heterocycles. The molecule has 4 nitrogen and oxygen atoms in total. The minimum Gasteiger partial charge on any atom is -0.346 e. The average Bonchev–Trinajstić information content (AvgIpc) is 2.97. The summed E-state index contributed by atoms with van der Waals surface area (Å²) < 4.78 is 11.4. The molecule has 112 valence electrons. The van der Waals surface area contributed by atoms with Crippen LogP contribution in [-0.2, 0) is 17.2 Å². The third kappa shape index (κ3) is 3.70. The lowest BCUT2D eigenvalue weighted by Crippen LogP contribution is -2.37. The predicted molar refractivity (Wildman–Crippen MR) is 89.3 cm³/mol. The molecule has 1 unspecified atom stereocenters. The summed E-state index contributed by atoms with van der Waals surface area (Å²) in [4.78, 5) is 6.92. The molecule has 1 fully saturated rings. The number of hydrogen-bond donors (Lipinski definition) is 1. The third-order valence-electron chi connectivity index (χ3n) is 3.64. The van der Waals surface area contributed by atoms with Crippen LogP contribution in [0, 0.1) is 0 Å². The van der Waals surface area contributed by atoms with E-state index in [1.165, 1.54) is 0 Å². The quantitative estimate of drug-likeness (QED) is 0.935. The van der Waals surface area contributed by atoms with Crippen LogP contribution >= 0.6 is 11.3 Å². The second kappa shape index (κ2) is 6.68. The lowest BCUT2D eigenvalue weighted by molar-refractivity contribution is 0.672. The van der Waals surface area contributed by atoms with Crippen LogP contribution in [0.2, 0.25) is 0 Å². The van der Waals surface area contributed by atoms with Crippen LogP contribution < -0.4 is 10.6 Å². The normalized spacial score (nSPS) is 17.9. The van der Waals surface area contributed by atoms with Gasteiger partial charge in [0.05, 0.1) is 5.69 Å². The Labute approximate surface area is 131 Å². The van der Waals surface area contributed by atoms with Gasteiger partial charge in [0.2, 0.25) is 0 Å². The average molecular weight is 321 g/mol. The first-order valence-electron chi connectivity index (χ1n) is 7.07. The van der Waals surface area contributed by atoms with E-state index < -0.39 is 10.8 Å². The SMILES string of the molecule is NC(Cc1csc(N2CCS(=O)CC2)n1)c1ccccc1. The number of rotatable bonds is 4. The fourth-order valence-electron chi connectivity index (χ4n) is 2.41. The molecule has 21 heavy (non-hydrogen) atoms. The van der Waals surface area contributed by atoms with Crippen molar-refractivity contribution >= 4 is 27.3 Å². The highest BCUT2D eigenvalue weighted by Crippen LogP contribution is 2.24. The molecule has 0 aliphatic carbocycles. The lowest BCUT2D eigenvalue weighted by atomic mass is 10.0. The number of aromatic nitrogens is 1. The molecular formula is C15H19N3OS2. The first kappa shape index (κ1) is 14.7. The molecule has 1 aromatic carbocycles. The van der Waals surface area contributed by atoms with Crippen LogP contribution in [-0.4, -0.2) is 33.8 Å². The van der Waals surface area contributed by atoms with Gasteiger partial charge in [-0.25, -0.2) is 4.98 Å². The van der Waals surface area contributed by atoms with Crippen LogP contribution in [0.25, 0.3) is 0 Å². The molecule has 1 saturated heterocycles. The largest absolute Gasteiger partial charge is 0.346 e. The Hall–Kier alpha value is -1.24. The van der Waals surface area contributed by atoms with E-state index in [0.717, 1.165) is 47.4 Å². The van der Waals surface area contributed by atoms with Gasteiger partial charge in [-0.3, -0.25) is 4.21 Å². The van der Waals surface area contributed by atoms with Crippen molar-refractivity contribution in [1.82, 2.24) is 4.98 Å². The minimum absolute atomic E-state index is 0.0185. The Morgan fingerprint density at radius 3 is 2.71 bits per heavy atom. The van der Waals surface area contributed by atoms with Crippen molar-refractivity contribution in [2.24, 2.45) is 5.73 Å². The van der Waals surface area contributed by atoms with Crippen LogP contribution in [0.1, 0.15) is 17.3 Å². The number of nitrogens with zero attached hydrogens (tertiary/aromatic N) is 2. The Kier molecular flexibility index (Phi) is 4.67. The molecule has 6 heteroatoms. The number of anilines is 1. The molecule has 0 bridgehead atoms. The molecule has 0 radical (unpaired) electrons. The second-order valence-corrected chi connectivity index (χ2v) is 7.71. The summed E-state index contributed by atoms with van der Waals surface area (Å²) in [7, 11) is -0.647. The van der Waals surface area contributed by atoms with Gasteiger partial charge in [-0.2, -0.15) is 0 Å². The zero-order valence-corrected chi connectivity index (χ0v) is 13.4.